The van der Waals surface area contributed by atoms with Crippen molar-refractivity contribution in [2.24, 2.45) is 7.05 Å². The Bertz CT molecular complexity index is 1180. The molecule has 0 saturated carbocycles. The van der Waals surface area contributed by atoms with Gasteiger partial charge in [0.15, 0.2) is 0 Å². The van der Waals surface area contributed by atoms with Gasteiger partial charge in [-0.15, -0.1) is 0 Å². The molecule has 0 spiro atoms. The second kappa shape index (κ2) is 9.80. The van der Waals surface area contributed by atoms with Crippen molar-refractivity contribution < 1.29 is 14.8 Å². The Morgan fingerprint density at radius 3 is 2.71 bits per heavy atom. The molecule has 0 saturated heterocycles. The summed E-state index contributed by atoms with van der Waals surface area (Å²) in [5.41, 5.74) is 0.954. The molecule has 0 aliphatic heterocycles. The van der Waals surface area contributed by atoms with Gasteiger partial charge >= 0.3 is 0 Å². The van der Waals surface area contributed by atoms with Crippen LogP contribution in [0.5, 0.6) is 11.5 Å². The summed E-state index contributed by atoms with van der Waals surface area (Å²) in [6.45, 7) is 0.293. The highest BCUT2D eigenvalue weighted by molar-refractivity contribution is 6.32. The van der Waals surface area contributed by atoms with E-state index in [-0.39, 0.29) is 27.9 Å². The van der Waals surface area contributed by atoms with Crippen LogP contribution in [0, 0.1) is 10.1 Å². The monoisotopic (exact) mass is 463 g/mol. The zero-order valence-electron chi connectivity index (χ0n) is 16.5. The molecule has 0 bridgehead atoms. The highest BCUT2D eigenvalue weighted by atomic mass is 35.5. The van der Waals surface area contributed by atoms with Crippen LogP contribution in [0.2, 0.25) is 10.2 Å². The number of pyridine rings is 2. The Morgan fingerprint density at radius 1 is 1.19 bits per heavy atom. The van der Waals surface area contributed by atoms with E-state index in [1.165, 1.54) is 22.9 Å². The lowest BCUT2D eigenvalue weighted by atomic mass is 10.1. The summed E-state index contributed by atoms with van der Waals surface area (Å²) in [7, 11) is 1.56. The molecule has 31 heavy (non-hydrogen) atoms. The molecule has 0 amide bonds. The number of nitro groups is 1. The van der Waals surface area contributed by atoms with Gasteiger partial charge in [-0.3, -0.25) is 14.9 Å². The van der Waals surface area contributed by atoms with Crippen LogP contribution in [0.25, 0.3) is 11.1 Å². The number of hydrogen-bond acceptors (Lipinski definition) is 6. The molecule has 0 unspecified atom stereocenters. The third-order valence-corrected chi connectivity index (χ3v) is 5.19. The normalized spacial score (nSPS) is 10.8. The molecule has 0 aliphatic carbocycles. The lowest BCUT2D eigenvalue weighted by Crippen LogP contribution is -2.16. The number of benzene rings is 1. The van der Waals surface area contributed by atoms with Crippen molar-refractivity contribution >= 4 is 28.9 Å². The molecule has 0 radical (unpaired) electrons. The van der Waals surface area contributed by atoms with Crippen LogP contribution in [-0.2, 0) is 13.5 Å². The molecule has 0 atom stereocenters. The average Bonchev–Trinajstić information content (AvgIpc) is 2.72. The highest BCUT2D eigenvalue weighted by Crippen LogP contribution is 2.35. The van der Waals surface area contributed by atoms with E-state index < -0.39 is 4.92 Å². The predicted octanol–water partition coefficient (Wildman–Crippen LogP) is 4.77. The minimum Gasteiger partial charge on any atom is -0.508 e. The zero-order chi connectivity index (χ0) is 22.5. The summed E-state index contributed by atoms with van der Waals surface area (Å²) in [5.74, 6) is 0.449. The molecule has 1 aromatic carbocycles. The van der Waals surface area contributed by atoms with E-state index in [4.69, 9.17) is 27.9 Å². The first kappa shape index (κ1) is 22.6. The van der Waals surface area contributed by atoms with Crippen LogP contribution < -0.4 is 10.3 Å². The summed E-state index contributed by atoms with van der Waals surface area (Å²) >= 11 is 12.1. The van der Waals surface area contributed by atoms with Crippen molar-refractivity contribution in [2.45, 2.75) is 19.3 Å². The third kappa shape index (κ3) is 5.53. The van der Waals surface area contributed by atoms with Crippen molar-refractivity contribution in [2.75, 3.05) is 6.61 Å². The number of aryl methyl sites for hydroxylation is 2. The van der Waals surface area contributed by atoms with Crippen molar-refractivity contribution in [3.63, 3.8) is 0 Å². The van der Waals surface area contributed by atoms with Gasteiger partial charge in [-0.05, 0) is 43.0 Å². The highest BCUT2D eigenvalue weighted by Gasteiger charge is 2.17. The predicted molar refractivity (Wildman–Crippen MR) is 118 cm³/mol. The van der Waals surface area contributed by atoms with Gasteiger partial charge in [-0.25, -0.2) is 4.98 Å². The first-order valence-corrected chi connectivity index (χ1v) is 10.1. The lowest BCUT2D eigenvalue weighted by Gasteiger charge is -2.14. The molecular weight excluding hydrogens is 445 g/mol. The van der Waals surface area contributed by atoms with E-state index in [1.54, 1.807) is 25.2 Å². The van der Waals surface area contributed by atoms with Crippen LogP contribution in [0.1, 0.15) is 18.4 Å². The fourth-order valence-electron chi connectivity index (χ4n) is 3.01. The van der Waals surface area contributed by atoms with Crippen LogP contribution in [0.15, 0.2) is 47.5 Å². The number of unbranched alkanes of at least 4 members (excludes halogenated alkanes) is 1. The number of hydrogen-bond donors (Lipinski definition) is 1. The van der Waals surface area contributed by atoms with E-state index in [0.29, 0.717) is 42.0 Å². The lowest BCUT2D eigenvalue weighted by molar-refractivity contribution is -0.385. The summed E-state index contributed by atoms with van der Waals surface area (Å²) in [6, 6.07) is 7.50. The average molecular weight is 464 g/mol. The van der Waals surface area contributed by atoms with Crippen molar-refractivity contribution in [1.82, 2.24) is 9.55 Å². The molecule has 2 aromatic heterocycles. The summed E-state index contributed by atoms with van der Waals surface area (Å²) in [6.07, 6.45) is 4.54. The molecule has 10 heteroatoms. The molecular formula is C21H19Cl2N3O5. The smallest absolute Gasteiger partial charge is 0.288 e. The standard InChI is InChI=1S/C21H19Cl2N3O5/c1-25-12-17(16-9-15(26(29)30)11-24-21(16)23)19(10-20(25)28)31-7-3-2-4-13-8-14(22)5-6-18(13)27/h5-6,8-12,27H,2-4,7H2,1H3. The Hall–Kier alpha value is -3.10. The first-order chi connectivity index (χ1) is 14.8. The van der Waals surface area contributed by atoms with Crippen LogP contribution >= 0.6 is 23.2 Å². The van der Waals surface area contributed by atoms with Gasteiger partial charge in [0.05, 0.1) is 11.5 Å². The van der Waals surface area contributed by atoms with E-state index in [9.17, 15) is 20.0 Å². The molecule has 3 aromatic rings. The fourth-order valence-corrected chi connectivity index (χ4v) is 3.41. The van der Waals surface area contributed by atoms with Gasteiger partial charge in [0.25, 0.3) is 11.2 Å². The van der Waals surface area contributed by atoms with Crippen LogP contribution in [0.4, 0.5) is 5.69 Å². The van der Waals surface area contributed by atoms with Crippen LogP contribution in [0.3, 0.4) is 0 Å². The number of halogens is 2. The maximum atomic E-state index is 12.1. The number of nitrogens with zero attached hydrogens (tertiary/aromatic N) is 3. The Morgan fingerprint density at radius 2 is 1.97 bits per heavy atom. The number of phenolic OH excluding ortho intramolecular Hbond substituents is 1. The van der Waals surface area contributed by atoms with Gasteiger partial charge in [0.2, 0.25) is 0 Å². The maximum Gasteiger partial charge on any atom is 0.288 e. The second-order valence-electron chi connectivity index (χ2n) is 6.87. The molecule has 0 fully saturated rings. The van der Waals surface area contributed by atoms with Gasteiger partial charge in [0, 0.05) is 41.5 Å². The number of aromatic hydroxyl groups is 1. The topological polar surface area (TPSA) is 107 Å². The first-order valence-electron chi connectivity index (χ1n) is 9.37. The Labute approximate surface area is 187 Å². The summed E-state index contributed by atoms with van der Waals surface area (Å²) < 4.78 is 7.15. The van der Waals surface area contributed by atoms with Gasteiger partial charge < -0.3 is 14.4 Å². The maximum absolute atomic E-state index is 12.1. The largest absolute Gasteiger partial charge is 0.508 e. The minimum absolute atomic E-state index is 0.0607. The fraction of sp³-hybridized carbons (Fsp3) is 0.238. The van der Waals surface area contributed by atoms with Gasteiger partial charge in [0.1, 0.15) is 22.8 Å². The molecule has 162 valence electrons. The number of phenols is 1. The van der Waals surface area contributed by atoms with E-state index in [2.05, 4.69) is 4.98 Å². The van der Waals surface area contributed by atoms with Crippen molar-refractivity contribution in [1.29, 1.82) is 0 Å². The third-order valence-electron chi connectivity index (χ3n) is 4.66. The molecule has 2 heterocycles. The van der Waals surface area contributed by atoms with Gasteiger partial charge in [-0.2, -0.15) is 0 Å². The van der Waals surface area contributed by atoms with Gasteiger partial charge in [-0.1, -0.05) is 23.2 Å². The minimum atomic E-state index is -0.569. The summed E-state index contributed by atoms with van der Waals surface area (Å²) in [5, 5.41) is 21.6. The number of aromatic nitrogens is 2. The van der Waals surface area contributed by atoms with Crippen LogP contribution in [-0.4, -0.2) is 26.2 Å². The van der Waals surface area contributed by atoms with Crippen molar-refractivity contribution in [3.05, 3.63) is 78.9 Å². The Balaban J connectivity index is 1.75. The number of rotatable bonds is 8. The summed E-state index contributed by atoms with van der Waals surface area (Å²) in [4.78, 5) is 26.5. The molecule has 3 rings (SSSR count). The SMILES string of the molecule is Cn1cc(-c2cc([N+](=O)[O-])cnc2Cl)c(OCCCCc2cc(Cl)ccc2O)cc1=O. The van der Waals surface area contributed by atoms with E-state index in [1.807, 2.05) is 0 Å². The Kier molecular flexibility index (Phi) is 7.14. The molecule has 1 N–H and O–H groups in total. The number of ether oxygens (including phenoxy) is 1. The molecule has 8 nitrogen and oxygen atoms in total. The molecule has 0 aliphatic rings. The van der Waals surface area contributed by atoms with Crippen molar-refractivity contribution in [3.8, 4) is 22.6 Å². The zero-order valence-corrected chi connectivity index (χ0v) is 18.1. The quantitative estimate of drug-likeness (QED) is 0.223. The van der Waals surface area contributed by atoms with E-state index >= 15 is 0 Å². The van der Waals surface area contributed by atoms with E-state index in [0.717, 1.165) is 11.8 Å². The second-order valence-corrected chi connectivity index (χ2v) is 7.66.